The molecule has 5 aromatic rings. The number of halogens is 2. The zero-order valence-corrected chi connectivity index (χ0v) is 26.6. The first-order valence-corrected chi connectivity index (χ1v) is 15.0. The molecule has 0 bridgehead atoms. The van der Waals surface area contributed by atoms with E-state index in [1.54, 1.807) is 30.3 Å². The van der Waals surface area contributed by atoms with Crippen molar-refractivity contribution in [2.75, 3.05) is 6.61 Å². The molecule has 1 amide bonds. The number of carbonyl (C=O) groups excluding carboxylic acids is 1. The molecule has 1 N–H and O–H groups in total. The van der Waals surface area contributed by atoms with Crippen molar-refractivity contribution in [1.29, 1.82) is 0 Å². The Morgan fingerprint density at radius 1 is 0.955 bits per heavy atom. The number of hydrogen-bond acceptors (Lipinski definition) is 6. The number of ether oxygens (including phenoxy) is 3. The van der Waals surface area contributed by atoms with Crippen LogP contribution in [0.5, 0.6) is 17.2 Å². The van der Waals surface area contributed by atoms with Crippen LogP contribution in [0.15, 0.2) is 94.4 Å². The highest BCUT2D eigenvalue weighted by Gasteiger charge is 2.14. The van der Waals surface area contributed by atoms with Gasteiger partial charge in [0, 0.05) is 17.1 Å². The maximum atomic E-state index is 13.5. The molecular formula is C34H31FIN3O5. The van der Waals surface area contributed by atoms with Crippen LogP contribution in [0, 0.1) is 23.2 Å². The number of aromatic nitrogens is 1. The second-order valence-corrected chi connectivity index (χ2v) is 11.0. The van der Waals surface area contributed by atoms with Crippen LogP contribution in [0.1, 0.15) is 45.8 Å². The van der Waals surface area contributed by atoms with Crippen molar-refractivity contribution in [2.24, 2.45) is 5.10 Å². The van der Waals surface area contributed by atoms with Crippen LogP contribution in [0.3, 0.4) is 0 Å². The summed E-state index contributed by atoms with van der Waals surface area (Å²) in [6.45, 7) is 6.79. The highest BCUT2D eigenvalue weighted by Crippen LogP contribution is 2.34. The first-order chi connectivity index (χ1) is 21.3. The van der Waals surface area contributed by atoms with Gasteiger partial charge in [-0.2, -0.15) is 5.10 Å². The molecule has 44 heavy (non-hydrogen) atoms. The minimum absolute atomic E-state index is 0.111. The summed E-state index contributed by atoms with van der Waals surface area (Å²) in [6.07, 6.45) is 1.51. The topological polar surface area (TPSA) is 87.2 Å². The van der Waals surface area contributed by atoms with Gasteiger partial charge in [0.2, 0.25) is 0 Å². The molecule has 226 valence electrons. The van der Waals surface area contributed by atoms with Crippen LogP contribution in [0.4, 0.5) is 4.39 Å². The minimum Gasteiger partial charge on any atom is -0.490 e. The van der Waals surface area contributed by atoms with Crippen molar-refractivity contribution < 1.29 is 27.8 Å². The fourth-order valence-corrected chi connectivity index (χ4v) is 5.35. The molecule has 0 unspecified atom stereocenters. The minimum atomic E-state index is -0.496. The zero-order valence-electron chi connectivity index (χ0n) is 24.5. The predicted octanol–water partition coefficient (Wildman–Crippen LogP) is 7.75. The largest absolute Gasteiger partial charge is 0.490 e. The summed E-state index contributed by atoms with van der Waals surface area (Å²) in [7, 11) is 0. The van der Waals surface area contributed by atoms with E-state index < -0.39 is 5.91 Å². The second kappa shape index (κ2) is 14.3. The zero-order chi connectivity index (χ0) is 31.1. The molecule has 0 spiro atoms. The van der Waals surface area contributed by atoms with Crippen LogP contribution in [0.25, 0.3) is 5.69 Å². The Morgan fingerprint density at radius 3 is 2.45 bits per heavy atom. The summed E-state index contributed by atoms with van der Waals surface area (Å²) in [5.41, 5.74) is 7.26. The Hall–Kier alpha value is -4.58. The quantitative estimate of drug-likeness (QED) is 0.0815. The molecule has 0 aliphatic rings. The molecule has 0 fully saturated rings. The van der Waals surface area contributed by atoms with Crippen molar-refractivity contribution in [3.63, 3.8) is 0 Å². The van der Waals surface area contributed by atoms with E-state index in [1.807, 2.05) is 37.3 Å². The Morgan fingerprint density at radius 2 is 1.73 bits per heavy atom. The summed E-state index contributed by atoms with van der Waals surface area (Å²) in [6, 6.07) is 25.1. The summed E-state index contributed by atoms with van der Waals surface area (Å²) in [5.74, 6) is 1.55. The van der Waals surface area contributed by atoms with Gasteiger partial charge in [0.25, 0.3) is 0 Å². The van der Waals surface area contributed by atoms with E-state index in [-0.39, 0.29) is 24.8 Å². The molecule has 2 heterocycles. The number of rotatable bonds is 12. The van der Waals surface area contributed by atoms with E-state index in [9.17, 15) is 9.18 Å². The fraction of sp³-hybridized carbons (Fsp3) is 0.176. The number of furan rings is 1. The first-order valence-electron chi connectivity index (χ1n) is 13.9. The molecule has 2 aromatic heterocycles. The van der Waals surface area contributed by atoms with Gasteiger partial charge < -0.3 is 23.2 Å². The van der Waals surface area contributed by atoms with E-state index in [0.717, 1.165) is 20.6 Å². The lowest BCUT2D eigenvalue weighted by Crippen LogP contribution is -2.16. The Kier molecular flexibility index (Phi) is 10.0. The molecule has 0 atom stereocenters. The molecule has 0 saturated carbocycles. The number of aryl methyl sites for hydroxylation is 2. The van der Waals surface area contributed by atoms with Crippen molar-refractivity contribution in [1.82, 2.24) is 9.99 Å². The highest BCUT2D eigenvalue weighted by atomic mass is 127. The monoisotopic (exact) mass is 707 g/mol. The molecule has 10 heteroatoms. The molecule has 3 aromatic carbocycles. The lowest BCUT2D eigenvalue weighted by atomic mass is 10.2. The van der Waals surface area contributed by atoms with Gasteiger partial charge in [0.05, 0.1) is 16.4 Å². The second-order valence-electron chi connectivity index (χ2n) is 9.88. The number of nitrogens with one attached hydrogen (secondary N) is 1. The summed E-state index contributed by atoms with van der Waals surface area (Å²) in [5, 5.41) is 4.08. The summed E-state index contributed by atoms with van der Waals surface area (Å²) >= 11 is 2.14. The van der Waals surface area contributed by atoms with Gasteiger partial charge in [-0.1, -0.05) is 12.1 Å². The van der Waals surface area contributed by atoms with Gasteiger partial charge in [-0.25, -0.2) is 9.82 Å². The van der Waals surface area contributed by atoms with Gasteiger partial charge in [-0.05, 0) is 127 Å². The molecular weight excluding hydrogens is 676 g/mol. The van der Waals surface area contributed by atoms with E-state index in [0.29, 0.717) is 40.7 Å². The van der Waals surface area contributed by atoms with Crippen molar-refractivity contribution in [3.8, 4) is 22.9 Å². The number of hydrazone groups is 1. The van der Waals surface area contributed by atoms with Crippen molar-refractivity contribution >= 4 is 34.7 Å². The van der Waals surface area contributed by atoms with Crippen LogP contribution >= 0.6 is 22.6 Å². The average Bonchev–Trinajstić information content (AvgIpc) is 3.62. The van der Waals surface area contributed by atoms with Gasteiger partial charge >= 0.3 is 5.91 Å². The van der Waals surface area contributed by atoms with Gasteiger partial charge in [-0.15, -0.1) is 0 Å². The Bertz CT molecular complexity index is 1760. The van der Waals surface area contributed by atoms with Crippen LogP contribution in [0.2, 0.25) is 0 Å². The summed E-state index contributed by atoms with van der Waals surface area (Å²) in [4.78, 5) is 12.6. The van der Waals surface area contributed by atoms with E-state index in [4.69, 9.17) is 18.6 Å². The number of nitrogens with zero attached hydrogens (tertiary/aromatic N) is 2. The molecule has 0 aliphatic heterocycles. The van der Waals surface area contributed by atoms with E-state index >= 15 is 0 Å². The van der Waals surface area contributed by atoms with Gasteiger partial charge in [0.1, 0.15) is 30.5 Å². The van der Waals surface area contributed by atoms with Crippen LogP contribution in [-0.2, 0) is 13.2 Å². The third-order valence-electron chi connectivity index (χ3n) is 6.62. The maximum Gasteiger partial charge on any atom is 0.307 e. The van der Waals surface area contributed by atoms with Crippen molar-refractivity contribution in [2.45, 2.75) is 34.0 Å². The number of benzene rings is 3. The van der Waals surface area contributed by atoms with Gasteiger partial charge in [0.15, 0.2) is 17.3 Å². The van der Waals surface area contributed by atoms with E-state index in [1.165, 1.54) is 18.3 Å². The normalized spacial score (nSPS) is 11.1. The Labute approximate surface area is 268 Å². The van der Waals surface area contributed by atoms with E-state index in [2.05, 4.69) is 63.7 Å². The van der Waals surface area contributed by atoms with Crippen LogP contribution in [-0.4, -0.2) is 23.3 Å². The number of hydrogen-bond donors (Lipinski definition) is 1. The molecule has 8 nitrogen and oxygen atoms in total. The Balaban J connectivity index is 1.16. The number of amides is 1. The molecule has 0 saturated heterocycles. The van der Waals surface area contributed by atoms with Crippen LogP contribution < -0.4 is 19.6 Å². The predicted molar refractivity (Wildman–Crippen MR) is 174 cm³/mol. The maximum absolute atomic E-state index is 13.5. The molecule has 0 aliphatic carbocycles. The van der Waals surface area contributed by atoms with Crippen molar-refractivity contribution in [3.05, 3.63) is 128 Å². The third-order valence-corrected chi connectivity index (χ3v) is 7.42. The lowest BCUT2D eigenvalue weighted by molar-refractivity contribution is 0.0923. The van der Waals surface area contributed by atoms with Gasteiger partial charge in [-0.3, -0.25) is 4.79 Å². The fourth-order valence-electron chi connectivity index (χ4n) is 4.57. The lowest BCUT2D eigenvalue weighted by Gasteiger charge is -2.14. The standard InChI is InChI=1S/C34H31FIN3O5/c1-4-41-32-18-25(17-30(36)33(32)43-20-24-6-5-7-26(35)16-24)19-37-38-34(40)31-15-14-29(44-31)21-42-28-12-10-27(11-13-28)39-22(2)8-9-23(39)3/h5-19H,4,20-21H2,1-3H3,(H,38,40)/b37-19+. The smallest absolute Gasteiger partial charge is 0.307 e. The summed E-state index contributed by atoms with van der Waals surface area (Å²) < 4.78 is 39.7. The molecule has 0 radical (unpaired) electrons. The number of carbonyl (C=O) groups is 1. The SMILES string of the molecule is CCOc1cc(/C=N/NC(=O)c2ccc(COc3ccc(-n4c(C)ccc4C)cc3)o2)cc(I)c1OCc1cccc(F)c1. The highest BCUT2D eigenvalue weighted by molar-refractivity contribution is 14.1. The molecule has 5 rings (SSSR count). The third kappa shape index (κ3) is 7.67. The first kappa shape index (κ1) is 30.9. The average molecular weight is 708 g/mol.